The van der Waals surface area contributed by atoms with Gasteiger partial charge in [-0.2, -0.15) is 4.68 Å². The number of hydrogen-bond acceptors (Lipinski definition) is 7. The van der Waals surface area contributed by atoms with Gasteiger partial charge in [-0.05, 0) is 42.1 Å². The van der Waals surface area contributed by atoms with E-state index in [0.29, 0.717) is 22.0 Å². The van der Waals surface area contributed by atoms with Crippen LogP contribution < -0.4 is 5.56 Å². The monoisotopic (exact) mass is 415 g/mol. The molecule has 124 valence electrons. The molecule has 0 saturated carbocycles. The fraction of sp³-hybridized carbons (Fsp3) is 0.0625. The Morgan fingerprint density at radius 2 is 1.96 bits per heavy atom. The van der Waals surface area contributed by atoms with Crippen molar-refractivity contribution in [1.29, 1.82) is 0 Å². The minimum Gasteiger partial charge on any atom is -0.411 e. The molecule has 2 heterocycles. The van der Waals surface area contributed by atoms with E-state index in [4.69, 9.17) is 4.42 Å². The van der Waals surface area contributed by atoms with Gasteiger partial charge in [-0.3, -0.25) is 4.79 Å². The second-order valence-electron chi connectivity index (χ2n) is 5.07. The molecule has 0 atom stereocenters. The van der Waals surface area contributed by atoms with E-state index in [9.17, 15) is 4.79 Å². The summed E-state index contributed by atoms with van der Waals surface area (Å²) in [5.74, 6) is 0.650. The fourth-order valence-corrected chi connectivity index (χ4v) is 3.27. The first-order valence-electron chi connectivity index (χ1n) is 7.25. The maximum Gasteiger partial charge on any atom is 0.278 e. The van der Waals surface area contributed by atoms with Crippen LogP contribution in [0.15, 0.2) is 67.4 Å². The molecule has 7 nitrogen and oxygen atoms in total. The van der Waals surface area contributed by atoms with E-state index in [-0.39, 0.29) is 11.4 Å². The number of aromatic nitrogens is 5. The van der Waals surface area contributed by atoms with Gasteiger partial charge in [0.25, 0.3) is 10.8 Å². The lowest BCUT2D eigenvalue weighted by Crippen LogP contribution is -2.23. The van der Waals surface area contributed by atoms with Crippen molar-refractivity contribution in [2.24, 2.45) is 0 Å². The van der Waals surface area contributed by atoms with Crippen molar-refractivity contribution in [2.45, 2.75) is 11.1 Å². The van der Waals surface area contributed by atoms with Gasteiger partial charge in [0.15, 0.2) is 0 Å². The topological polar surface area (TPSA) is 86.7 Å². The Morgan fingerprint density at radius 3 is 2.84 bits per heavy atom. The zero-order chi connectivity index (χ0) is 17.2. The molecule has 2 aromatic carbocycles. The van der Waals surface area contributed by atoms with Gasteiger partial charge in [0, 0.05) is 10.0 Å². The second-order valence-corrected chi connectivity index (χ2v) is 6.88. The molecular formula is C16H10BrN5O2S. The summed E-state index contributed by atoms with van der Waals surface area (Å²) >= 11 is 4.63. The van der Waals surface area contributed by atoms with Crippen molar-refractivity contribution in [3.63, 3.8) is 0 Å². The van der Waals surface area contributed by atoms with Crippen molar-refractivity contribution in [1.82, 2.24) is 25.2 Å². The summed E-state index contributed by atoms with van der Waals surface area (Å²) < 4.78 is 7.83. The fourth-order valence-electron chi connectivity index (χ4n) is 2.23. The van der Waals surface area contributed by atoms with Crippen molar-refractivity contribution in [3.8, 4) is 11.5 Å². The average Bonchev–Trinajstić information content (AvgIpc) is 3.10. The van der Waals surface area contributed by atoms with E-state index < -0.39 is 0 Å². The van der Waals surface area contributed by atoms with Gasteiger partial charge in [-0.25, -0.2) is 0 Å². The molecule has 0 bridgehead atoms. The molecule has 0 fully saturated rings. The second kappa shape index (κ2) is 6.77. The number of thioether (sulfide) groups is 1. The zero-order valence-electron chi connectivity index (χ0n) is 12.7. The normalized spacial score (nSPS) is 11.1. The molecule has 4 aromatic rings. The third-order valence-corrected chi connectivity index (χ3v) is 4.70. The first-order valence-corrected chi connectivity index (χ1v) is 9.03. The molecule has 0 N–H and O–H groups in total. The molecule has 0 aliphatic heterocycles. The Hall–Kier alpha value is -2.52. The quantitative estimate of drug-likeness (QED) is 0.472. The summed E-state index contributed by atoms with van der Waals surface area (Å²) in [6, 6.07) is 14.7. The number of benzene rings is 2. The van der Waals surface area contributed by atoms with Gasteiger partial charge in [-0.15, -0.1) is 15.3 Å². The summed E-state index contributed by atoms with van der Waals surface area (Å²) in [7, 11) is 0. The molecule has 4 rings (SSSR count). The first kappa shape index (κ1) is 16.0. The Bertz CT molecular complexity index is 1110. The van der Waals surface area contributed by atoms with E-state index in [1.165, 1.54) is 16.4 Å². The lowest BCUT2D eigenvalue weighted by molar-refractivity contribution is 0.464. The van der Waals surface area contributed by atoms with Crippen LogP contribution in [0.4, 0.5) is 0 Å². The number of halogens is 1. The van der Waals surface area contributed by atoms with Gasteiger partial charge >= 0.3 is 0 Å². The average molecular weight is 416 g/mol. The number of fused-ring (bicyclic) bond motifs is 1. The molecule has 0 aliphatic rings. The van der Waals surface area contributed by atoms with Crippen molar-refractivity contribution in [3.05, 3.63) is 63.4 Å². The minimum absolute atomic E-state index is 0.204. The highest BCUT2D eigenvalue weighted by Gasteiger charge is 2.11. The van der Waals surface area contributed by atoms with Gasteiger partial charge in [0.2, 0.25) is 5.89 Å². The van der Waals surface area contributed by atoms with Crippen LogP contribution in [0.3, 0.4) is 0 Å². The molecule has 0 unspecified atom stereocenters. The summed E-state index contributed by atoms with van der Waals surface area (Å²) in [6.07, 6.45) is 0. The maximum absolute atomic E-state index is 12.4. The molecule has 2 aromatic heterocycles. The van der Waals surface area contributed by atoms with Crippen molar-refractivity contribution in [2.75, 3.05) is 0 Å². The van der Waals surface area contributed by atoms with Crippen LogP contribution in [0, 0.1) is 0 Å². The summed E-state index contributed by atoms with van der Waals surface area (Å²) in [5, 5.41) is 16.9. The van der Waals surface area contributed by atoms with E-state index >= 15 is 0 Å². The lowest BCUT2D eigenvalue weighted by Gasteiger charge is -2.02. The Morgan fingerprint density at radius 1 is 1.08 bits per heavy atom. The highest BCUT2D eigenvalue weighted by atomic mass is 79.9. The number of nitrogens with zero attached hydrogens (tertiary/aromatic N) is 5. The number of rotatable bonds is 4. The van der Waals surface area contributed by atoms with Gasteiger partial charge in [-0.1, -0.05) is 39.3 Å². The molecule has 0 aliphatic carbocycles. The van der Waals surface area contributed by atoms with E-state index in [1.807, 2.05) is 30.3 Å². The van der Waals surface area contributed by atoms with Crippen molar-refractivity contribution >= 4 is 38.6 Å². The molecule has 25 heavy (non-hydrogen) atoms. The third-order valence-electron chi connectivity index (χ3n) is 3.42. The van der Waals surface area contributed by atoms with Gasteiger partial charge in [0.05, 0.1) is 5.39 Å². The summed E-state index contributed by atoms with van der Waals surface area (Å²) in [6.45, 7) is 0. The third kappa shape index (κ3) is 3.33. The lowest BCUT2D eigenvalue weighted by atomic mass is 10.2. The Labute approximate surface area is 154 Å². The largest absolute Gasteiger partial charge is 0.411 e. The molecule has 0 saturated heterocycles. The van der Waals surface area contributed by atoms with Crippen molar-refractivity contribution < 1.29 is 4.42 Å². The van der Waals surface area contributed by atoms with E-state index in [1.54, 1.807) is 18.2 Å². The van der Waals surface area contributed by atoms with Crippen LogP contribution >= 0.6 is 27.7 Å². The van der Waals surface area contributed by atoms with Crippen LogP contribution in [0.2, 0.25) is 0 Å². The van der Waals surface area contributed by atoms with Gasteiger partial charge < -0.3 is 4.42 Å². The summed E-state index contributed by atoms with van der Waals surface area (Å²) in [4.78, 5) is 12.4. The SMILES string of the molecule is O=c1c2ccccc2nnn1CSc1nnc(-c2cccc(Br)c2)o1. The van der Waals surface area contributed by atoms with Crippen LogP contribution in [0.5, 0.6) is 0 Å². The van der Waals surface area contributed by atoms with E-state index in [2.05, 4.69) is 36.4 Å². The molecular weight excluding hydrogens is 406 g/mol. The highest BCUT2D eigenvalue weighted by molar-refractivity contribution is 9.10. The van der Waals surface area contributed by atoms with Crippen LogP contribution in [0.1, 0.15) is 0 Å². The smallest absolute Gasteiger partial charge is 0.278 e. The van der Waals surface area contributed by atoms with Crippen LogP contribution in [-0.2, 0) is 5.88 Å². The summed E-state index contributed by atoms with van der Waals surface area (Å²) in [5.41, 5.74) is 1.18. The Kier molecular flexibility index (Phi) is 4.33. The van der Waals surface area contributed by atoms with E-state index in [0.717, 1.165) is 10.0 Å². The molecule has 0 spiro atoms. The maximum atomic E-state index is 12.4. The predicted octanol–water partition coefficient (Wildman–Crippen LogP) is 3.35. The van der Waals surface area contributed by atoms with Crippen LogP contribution in [0.25, 0.3) is 22.4 Å². The Balaban J connectivity index is 1.54. The highest BCUT2D eigenvalue weighted by Crippen LogP contribution is 2.25. The molecule has 9 heteroatoms. The minimum atomic E-state index is -0.204. The first-order chi connectivity index (χ1) is 12.2. The number of hydrogen-bond donors (Lipinski definition) is 0. The zero-order valence-corrected chi connectivity index (χ0v) is 15.1. The standard InChI is InChI=1S/C16H10BrN5O2S/c17-11-5-3-4-10(8-11)14-19-20-16(24-14)25-9-22-15(23)12-6-1-2-7-13(12)18-21-22/h1-8H,9H2. The van der Waals surface area contributed by atoms with Gasteiger partial charge in [0.1, 0.15) is 11.4 Å². The molecule has 0 amide bonds. The predicted molar refractivity (Wildman–Crippen MR) is 97.1 cm³/mol. The van der Waals surface area contributed by atoms with Crippen LogP contribution in [-0.4, -0.2) is 25.2 Å². The molecule has 0 radical (unpaired) electrons.